The number of thiazole rings is 1. The fourth-order valence-corrected chi connectivity index (χ4v) is 3.09. The largest absolute Gasteiger partial charge is 0.480 e. The Morgan fingerprint density at radius 1 is 1.56 bits per heavy atom. The molecular formula is C11H16N2O2S. The molecule has 1 aliphatic rings. The molecule has 5 heteroatoms. The van der Waals surface area contributed by atoms with Crippen LogP contribution in [0.3, 0.4) is 0 Å². The molecule has 0 saturated carbocycles. The molecule has 0 radical (unpaired) electrons. The molecule has 1 aromatic heterocycles. The lowest BCUT2D eigenvalue weighted by atomic mass is 10.0. The molecule has 2 rings (SSSR count). The fourth-order valence-electron chi connectivity index (χ4n) is 2.12. The van der Waals surface area contributed by atoms with Gasteiger partial charge < -0.3 is 10.0 Å². The van der Waals surface area contributed by atoms with Gasteiger partial charge in [0.15, 0.2) is 5.13 Å². The maximum atomic E-state index is 11.2. The average Bonchev–Trinajstić information content (AvgIpc) is 2.71. The molecule has 0 bridgehead atoms. The van der Waals surface area contributed by atoms with Gasteiger partial charge in [0, 0.05) is 11.4 Å². The number of anilines is 1. The molecule has 88 valence electrons. The highest BCUT2D eigenvalue weighted by molar-refractivity contribution is 7.15. The number of aromatic nitrogens is 1. The smallest absolute Gasteiger partial charge is 0.326 e. The third kappa shape index (κ3) is 1.80. The number of carboxylic acids is 1. The summed E-state index contributed by atoms with van der Waals surface area (Å²) in [5, 5.41) is 10.1. The Bertz CT molecular complexity index is 397. The van der Waals surface area contributed by atoms with E-state index in [0.717, 1.165) is 23.8 Å². The number of rotatable bonds is 2. The van der Waals surface area contributed by atoms with Crippen LogP contribution in [0.1, 0.15) is 23.9 Å². The van der Waals surface area contributed by atoms with Gasteiger partial charge in [-0.2, -0.15) is 0 Å². The van der Waals surface area contributed by atoms with E-state index in [0.29, 0.717) is 0 Å². The molecule has 1 saturated heterocycles. The van der Waals surface area contributed by atoms with Gasteiger partial charge in [-0.05, 0) is 26.2 Å². The Morgan fingerprint density at radius 3 is 2.75 bits per heavy atom. The summed E-state index contributed by atoms with van der Waals surface area (Å²) < 4.78 is 0. The van der Waals surface area contributed by atoms with Gasteiger partial charge in [0.05, 0.1) is 5.69 Å². The first-order valence-corrected chi connectivity index (χ1v) is 6.26. The molecule has 4 nitrogen and oxygen atoms in total. The SMILES string of the molecule is Cc1nc(N2CCC(C)C2C(=O)O)sc1C. The van der Waals surface area contributed by atoms with Gasteiger partial charge >= 0.3 is 5.97 Å². The maximum Gasteiger partial charge on any atom is 0.326 e. The van der Waals surface area contributed by atoms with Gasteiger partial charge in [0.25, 0.3) is 0 Å². The lowest BCUT2D eigenvalue weighted by Gasteiger charge is -2.22. The molecule has 1 aromatic rings. The zero-order valence-electron chi connectivity index (χ0n) is 9.73. The van der Waals surface area contributed by atoms with E-state index in [1.807, 2.05) is 25.7 Å². The Balaban J connectivity index is 2.30. The number of carbonyl (C=O) groups is 1. The van der Waals surface area contributed by atoms with Crippen LogP contribution in [-0.2, 0) is 4.79 Å². The number of nitrogens with zero attached hydrogens (tertiary/aromatic N) is 2. The van der Waals surface area contributed by atoms with Crippen molar-refractivity contribution in [1.29, 1.82) is 0 Å². The monoisotopic (exact) mass is 240 g/mol. The highest BCUT2D eigenvalue weighted by Gasteiger charge is 2.38. The predicted octanol–water partition coefficient (Wildman–Crippen LogP) is 2.06. The quantitative estimate of drug-likeness (QED) is 0.859. The van der Waals surface area contributed by atoms with Crippen LogP contribution in [0.15, 0.2) is 0 Å². The van der Waals surface area contributed by atoms with E-state index in [4.69, 9.17) is 0 Å². The van der Waals surface area contributed by atoms with Crippen LogP contribution in [0.2, 0.25) is 0 Å². The second kappa shape index (κ2) is 4.05. The molecule has 1 aliphatic heterocycles. The van der Waals surface area contributed by atoms with E-state index in [-0.39, 0.29) is 5.92 Å². The van der Waals surface area contributed by atoms with E-state index < -0.39 is 12.0 Å². The van der Waals surface area contributed by atoms with Crippen molar-refractivity contribution >= 4 is 22.4 Å². The summed E-state index contributed by atoms with van der Waals surface area (Å²) in [7, 11) is 0. The van der Waals surface area contributed by atoms with E-state index in [1.165, 1.54) is 4.88 Å². The Hall–Kier alpha value is -1.10. The first-order valence-electron chi connectivity index (χ1n) is 5.44. The van der Waals surface area contributed by atoms with Crippen LogP contribution < -0.4 is 4.90 Å². The minimum absolute atomic E-state index is 0.196. The third-order valence-electron chi connectivity index (χ3n) is 3.22. The number of hydrogen-bond acceptors (Lipinski definition) is 4. The first kappa shape index (κ1) is 11.4. The van der Waals surface area contributed by atoms with E-state index in [2.05, 4.69) is 4.98 Å². The van der Waals surface area contributed by atoms with Gasteiger partial charge in [-0.15, -0.1) is 11.3 Å². The molecule has 1 fully saturated rings. The predicted molar refractivity (Wildman–Crippen MR) is 64.1 cm³/mol. The average molecular weight is 240 g/mol. The minimum Gasteiger partial charge on any atom is -0.480 e. The van der Waals surface area contributed by atoms with Crippen molar-refractivity contribution in [3.8, 4) is 0 Å². The van der Waals surface area contributed by atoms with Crippen molar-refractivity contribution in [1.82, 2.24) is 4.98 Å². The van der Waals surface area contributed by atoms with Crippen molar-refractivity contribution in [3.63, 3.8) is 0 Å². The first-order chi connectivity index (χ1) is 7.50. The lowest BCUT2D eigenvalue weighted by Crippen LogP contribution is -2.38. The normalized spacial score (nSPS) is 25.1. The second-order valence-corrected chi connectivity index (χ2v) is 5.56. The number of hydrogen-bond donors (Lipinski definition) is 1. The Kier molecular flexibility index (Phi) is 2.88. The Labute approximate surface area is 98.9 Å². The molecule has 2 unspecified atom stereocenters. The highest BCUT2D eigenvalue weighted by atomic mass is 32.1. The van der Waals surface area contributed by atoms with E-state index in [1.54, 1.807) is 11.3 Å². The summed E-state index contributed by atoms with van der Waals surface area (Å²) in [6.45, 7) is 6.77. The molecule has 0 amide bonds. The number of aliphatic carboxylic acids is 1. The summed E-state index contributed by atoms with van der Waals surface area (Å²) in [4.78, 5) is 18.8. The standard InChI is InChI=1S/C11H16N2O2S/c1-6-4-5-13(9(6)10(14)15)11-12-7(2)8(3)16-11/h6,9H,4-5H2,1-3H3,(H,14,15). The van der Waals surface area contributed by atoms with Crippen molar-refractivity contribution in [3.05, 3.63) is 10.6 Å². The number of aryl methyl sites for hydroxylation is 2. The highest BCUT2D eigenvalue weighted by Crippen LogP contribution is 2.33. The van der Waals surface area contributed by atoms with E-state index in [9.17, 15) is 9.90 Å². The summed E-state index contributed by atoms with van der Waals surface area (Å²) in [5.74, 6) is -0.544. The van der Waals surface area contributed by atoms with Crippen molar-refractivity contribution < 1.29 is 9.90 Å². The summed E-state index contributed by atoms with van der Waals surface area (Å²) >= 11 is 1.59. The van der Waals surface area contributed by atoms with Crippen molar-refractivity contribution in [2.24, 2.45) is 5.92 Å². The molecule has 0 spiro atoms. The molecule has 16 heavy (non-hydrogen) atoms. The van der Waals surface area contributed by atoms with Crippen LogP contribution in [0, 0.1) is 19.8 Å². The van der Waals surface area contributed by atoms with Gasteiger partial charge in [0.2, 0.25) is 0 Å². The molecule has 1 N–H and O–H groups in total. The molecular weight excluding hydrogens is 224 g/mol. The zero-order valence-corrected chi connectivity index (χ0v) is 10.5. The van der Waals surface area contributed by atoms with Crippen LogP contribution in [-0.4, -0.2) is 28.6 Å². The van der Waals surface area contributed by atoms with Gasteiger partial charge in [-0.1, -0.05) is 6.92 Å². The number of carboxylic acid groups (broad SMARTS) is 1. The van der Waals surface area contributed by atoms with Crippen molar-refractivity contribution in [2.75, 3.05) is 11.4 Å². The molecule has 2 heterocycles. The lowest BCUT2D eigenvalue weighted by molar-refractivity contribution is -0.139. The molecule has 0 aromatic carbocycles. The van der Waals surface area contributed by atoms with Gasteiger partial charge in [-0.25, -0.2) is 9.78 Å². The molecule has 2 atom stereocenters. The summed E-state index contributed by atoms with van der Waals surface area (Å²) in [6, 6.07) is -0.412. The summed E-state index contributed by atoms with van der Waals surface area (Å²) in [6.07, 6.45) is 0.925. The van der Waals surface area contributed by atoms with Crippen molar-refractivity contribution in [2.45, 2.75) is 33.2 Å². The zero-order chi connectivity index (χ0) is 11.9. The van der Waals surface area contributed by atoms with Gasteiger partial charge in [0.1, 0.15) is 6.04 Å². The fraction of sp³-hybridized carbons (Fsp3) is 0.636. The topological polar surface area (TPSA) is 53.4 Å². The molecule has 0 aliphatic carbocycles. The summed E-state index contributed by atoms with van der Waals surface area (Å²) in [5.41, 5.74) is 1.00. The van der Waals surface area contributed by atoms with Gasteiger partial charge in [-0.3, -0.25) is 0 Å². The Morgan fingerprint density at radius 2 is 2.25 bits per heavy atom. The minimum atomic E-state index is -0.740. The third-order valence-corrected chi connectivity index (χ3v) is 4.33. The van der Waals surface area contributed by atoms with E-state index >= 15 is 0 Å². The van der Waals surface area contributed by atoms with Crippen LogP contribution in [0.25, 0.3) is 0 Å². The van der Waals surface area contributed by atoms with Crippen LogP contribution >= 0.6 is 11.3 Å². The van der Waals surface area contributed by atoms with Crippen LogP contribution in [0.4, 0.5) is 5.13 Å². The second-order valence-electron chi connectivity index (χ2n) is 4.38. The maximum absolute atomic E-state index is 11.2. The van der Waals surface area contributed by atoms with Crippen LogP contribution in [0.5, 0.6) is 0 Å².